The number of pyridine rings is 1. The lowest BCUT2D eigenvalue weighted by atomic mass is 9.95. The molecular weight excluding hydrogens is 472 g/mol. The Morgan fingerprint density at radius 2 is 1.94 bits per heavy atom. The minimum Gasteiger partial charge on any atom is -0.449 e. The Morgan fingerprint density at radius 3 is 2.72 bits per heavy atom. The van der Waals surface area contributed by atoms with Crippen molar-refractivity contribution in [3.63, 3.8) is 0 Å². The molecule has 7 nitrogen and oxygen atoms in total. The molecule has 0 saturated carbocycles. The Hall–Kier alpha value is -3.36. The van der Waals surface area contributed by atoms with Crippen molar-refractivity contribution >= 4 is 49.5 Å². The summed E-state index contributed by atoms with van der Waals surface area (Å²) in [6.07, 6.45) is 0.191. The summed E-state index contributed by atoms with van der Waals surface area (Å²) in [6.45, 7) is 9.68. The number of aryl methyl sites for hydroxylation is 1. The van der Waals surface area contributed by atoms with Crippen LogP contribution in [0.1, 0.15) is 54.4 Å². The van der Waals surface area contributed by atoms with Crippen LogP contribution in [0.2, 0.25) is 0 Å². The molecule has 36 heavy (non-hydrogen) atoms. The number of thiazole rings is 1. The van der Waals surface area contributed by atoms with Crippen LogP contribution in [0.5, 0.6) is 0 Å². The van der Waals surface area contributed by atoms with Gasteiger partial charge in [-0.05, 0) is 51.0 Å². The second-order valence-electron chi connectivity index (χ2n) is 9.53. The van der Waals surface area contributed by atoms with E-state index in [1.165, 1.54) is 11.3 Å². The first-order valence-electron chi connectivity index (χ1n) is 12.4. The standard InChI is InChI=1S/C28H30N4O3S/c1-5-23(26(33)31-28-30-22-11-10-17(4)14-24(22)36-28)35-27(34)25-18-8-6-7-9-20(18)29-21-12-13-32(16(2)3)15-19(21)25/h6-11,14,16,23H,5,12-13,15H2,1-4H3,(H,30,31,33). The van der Waals surface area contributed by atoms with Crippen LogP contribution in [0.15, 0.2) is 42.5 Å². The maximum absolute atomic E-state index is 13.7. The van der Waals surface area contributed by atoms with Gasteiger partial charge in [-0.3, -0.25) is 20.0 Å². The molecular formula is C28H30N4O3S. The summed E-state index contributed by atoms with van der Waals surface area (Å²) < 4.78 is 6.86. The van der Waals surface area contributed by atoms with Crippen LogP contribution in [0.25, 0.3) is 21.1 Å². The second kappa shape index (κ2) is 9.95. The van der Waals surface area contributed by atoms with Crippen LogP contribution in [0.4, 0.5) is 5.13 Å². The molecule has 2 aromatic heterocycles. The van der Waals surface area contributed by atoms with Gasteiger partial charge in [0.15, 0.2) is 11.2 Å². The number of carbonyl (C=O) groups excluding carboxylic acids is 2. The van der Waals surface area contributed by atoms with Gasteiger partial charge in [0.05, 0.1) is 21.3 Å². The zero-order valence-corrected chi connectivity index (χ0v) is 21.8. The van der Waals surface area contributed by atoms with Gasteiger partial charge in [-0.25, -0.2) is 9.78 Å². The average Bonchev–Trinajstić information content (AvgIpc) is 3.26. The van der Waals surface area contributed by atoms with E-state index in [9.17, 15) is 9.59 Å². The molecule has 1 aliphatic heterocycles. The maximum atomic E-state index is 13.7. The normalized spacial score (nSPS) is 14.7. The van der Waals surface area contributed by atoms with E-state index in [0.29, 0.717) is 29.7 Å². The Bertz CT molecular complexity index is 1460. The van der Waals surface area contributed by atoms with Gasteiger partial charge in [0.1, 0.15) is 0 Å². The summed E-state index contributed by atoms with van der Waals surface area (Å²) in [6, 6.07) is 13.9. The molecule has 3 heterocycles. The van der Waals surface area contributed by atoms with E-state index >= 15 is 0 Å². The third-order valence-electron chi connectivity index (χ3n) is 6.70. The number of fused-ring (bicyclic) bond motifs is 3. The summed E-state index contributed by atoms with van der Waals surface area (Å²) in [5.41, 5.74) is 5.07. The predicted molar refractivity (Wildman–Crippen MR) is 143 cm³/mol. The molecule has 2 aromatic carbocycles. The Morgan fingerprint density at radius 1 is 1.14 bits per heavy atom. The molecule has 186 valence electrons. The minimum absolute atomic E-state index is 0.347. The molecule has 1 aliphatic rings. The van der Waals surface area contributed by atoms with Crippen molar-refractivity contribution in [3.05, 3.63) is 64.8 Å². The number of hydrogen-bond donors (Lipinski definition) is 1. The third kappa shape index (κ3) is 4.70. The predicted octanol–water partition coefficient (Wildman–Crippen LogP) is 5.49. The number of para-hydroxylation sites is 1. The molecule has 0 spiro atoms. The number of rotatable bonds is 6. The fourth-order valence-corrected chi connectivity index (χ4v) is 5.63. The minimum atomic E-state index is -0.932. The fourth-order valence-electron chi connectivity index (χ4n) is 4.67. The highest BCUT2D eigenvalue weighted by Crippen LogP contribution is 2.31. The smallest absolute Gasteiger partial charge is 0.340 e. The molecule has 1 unspecified atom stereocenters. The van der Waals surface area contributed by atoms with Crippen LogP contribution < -0.4 is 5.32 Å². The largest absolute Gasteiger partial charge is 0.449 e. The quantitative estimate of drug-likeness (QED) is 0.351. The SMILES string of the molecule is CCC(OC(=O)c1c2c(nc3ccccc13)CCN(C(C)C)C2)C(=O)Nc1nc2ccc(C)cc2s1. The van der Waals surface area contributed by atoms with Crippen molar-refractivity contribution in [2.24, 2.45) is 0 Å². The molecule has 8 heteroatoms. The molecule has 0 fully saturated rings. The highest BCUT2D eigenvalue weighted by molar-refractivity contribution is 7.22. The van der Waals surface area contributed by atoms with Crippen molar-refractivity contribution < 1.29 is 14.3 Å². The first kappa shape index (κ1) is 24.3. The van der Waals surface area contributed by atoms with Crippen LogP contribution in [0, 0.1) is 6.92 Å². The topological polar surface area (TPSA) is 84.4 Å². The van der Waals surface area contributed by atoms with Gasteiger partial charge in [-0.15, -0.1) is 0 Å². The monoisotopic (exact) mass is 502 g/mol. The molecule has 1 N–H and O–H groups in total. The molecule has 0 saturated heterocycles. The van der Waals surface area contributed by atoms with E-state index in [2.05, 4.69) is 29.0 Å². The van der Waals surface area contributed by atoms with Crippen molar-refractivity contribution in [2.45, 2.75) is 59.2 Å². The summed E-state index contributed by atoms with van der Waals surface area (Å²) in [4.78, 5) is 38.4. The molecule has 0 aliphatic carbocycles. The molecule has 0 bridgehead atoms. The lowest BCUT2D eigenvalue weighted by molar-refractivity contribution is -0.124. The van der Waals surface area contributed by atoms with Gasteiger partial charge in [0, 0.05) is 42.2 Å². The van der Waals surface area contributed by atoms with Crippen molar-refractivity contribution in [1.82, 2.24) is 14.9 Å². The molecule has 4 aromatic rings. The van der Waals surface area contributed by atoms with Crippen LogP contribution in [-0.2, 0) is 22.5 Å². The zero-order valence-electron chi connectivity index (χ0n) is 21.0. The van der Waals surface area contributed by atoms with E-state index in [4.69, 9.17) is 9.72 Å². The highest BCUT2D eigenvalue weighted by atomic mass is 32.1. The summed E-state index contributed by atoms with van der Waals surface area (Å²) in [5, 5.41) is 4.10. The lowest BCUT2D eigenvalue weighted by Crippen LogP contribution is -2.38. The van der Waals surface area contributed by atoms with Gasteiger partial charge in [-0.2, -0.15) is 0 Å². The van der Waals surface area contributed by atoms with Crippen molar-refractivity contribution in [3.8, 4) is 0 Å². The van der Waals surface area contributed by atoms with E-state index in [-0.39, 0.29) is 5.91 Å². The molecule has 0 radical (unpaired) electrons. The van der Waals surface area contributed by atoms with Crippen molar-refractivity contribution in [1.29, 1.82) is 0 Å². The number of aromatic nitrogens is 2. The number of benzene rings is 2. The molecule has 1 atom stereocenters. The fraction of sp³-hybridized carbons (Fsp3) is 0.357. The highest BCUT2D eigenvalue weighted by Gasteiger charge is 2.30. The van der Waals surface area contributed by atoms with E-state index in [1.54, 1.807) is 0 Å². The third-order valence-corrected chi connectivity index (χ3v) is 7.63. The molecule has 1 amide bonds. The Kier molecular flexibility index (Phi) is 6.73. The number of nitrogens with zero attached hydrogens (tertiary/aromatic N) is 3. The summed E-state index contributed by atoms with van der Waals surface area (Å²) in [5.74, 6) is -0.866. The summed E-state index contributed by atoms with van der Waals surface area (Å²) in [7, 11) is 0. The first-order chi connectivity index (χ1) is 17.3. The van der Waals surface area contributed by atoms with Gasteiger partial charge in [0.2, 0.25) is 0 Å². The average molecular weight is 503 g/mol. The van der Waals surface area contributed by atoms with Gasteiger partial charge in [-0.1, -0.05) is 42.5 Å². The number of nitrogens with one attached hydrogen (secondary N) is 1. The Labute approximate surface area is 214 Å². The second-order valence-corrected chi connectivity index (χ2v) is 10.6. The molecule has 5 rings (SSSR count). The van der Waals surface area contributed by atoms with Crippen LogP contribution in [0.3, 0.4) is 0 Å². The summed E-state index contributed by atoms with van der Waals surface area (Å²) >= 11 is 1.41. The lowest BCUT2D eigenvalue weighted by Gasteiger charge is -2.32. The van der Waals surface area contributed by atoms with E-state index in [1.807, 2.05) is 56.3 Å². The van der Waals surface area contributed by atoms with Crippen LogP contribution >= 0.6 is 11.3 Å². The van der Waals surface area contributed by atoms with Gasteiger partial charge in [0.25, 0.3) is 5.91 Å². The number of anilines is 1. The van der Waals surface area contributed by atoms with Crippen molar-refractivity contribution in [2.75, 3.05) is 11.9 Å². The number of hydrogen-bond acceptors (Lipinski definition) is 7. The first-order valence-corrected chi connectivity index (χ1v) is 13.2. The number of ether oxygens (including phenoxy) is 1. The Balaban J connectivity index is 1.43. The number of esters is 1. The maximum Gasteiger partial charge on any atom is 0.340 e. The van der Waals surface area contributed by atoms with E-state index in [0.717, 1.165) is 50.9 Å². The van der Waals surface area contributed by atoms with E-state index < -0.39 is 12.1 Å². The zero-order chi connectivity index (χ0) is 25.4. The van der Waals surface area contributed by atoms with Crippen LogP contribution in [-0.4, -0.2) is 45.4 Å². The number of carbonyl (C=O) groups is 2. The van der Waals surface area contributed by atoms with Gasteiger partial charge < -0.3 is 4.74 Å². The number of amides is 1. The van der Waals surface area contributed by atoms with Gasteiger partial charge >= 0.3 is 5.97 Å².